The number of hydrogen-bond acceptors (Lipinski definition) is 3. The maximum atomic E-state index is 6.08. The third-order valence-corrected chi connectivity index (χ3v) is 5.08. The molecular weight excluding hydrogens is 414 g/mol. The maximum Gasteiger partial charge on any atom is 0.124 e. The van der Waals surface area contributed by atoms with E-state index in [9.17, 15) is 0 Å². The van der Waals surface area contributed by atoms with E-state index in [1.165, 1.54) is 5.56 Å². The predicted octanol–water partition coefficient (Wildman–Crippen LogP) is 5.50. The zero-order chi connectivity index (χ0) is 19.3. The van der Waals surface area contributed by atoms with Gasteiger partial charge in [-0.05, 0) is 42.8 Å². The molecule has 28 heavy (non-hydrogen) atoms. The first-order valence-corrected chi connectivity index (χ1v) is 10.1. The zero-order valence-corrected chi connectivity index (χ0v) is 17.3. The Kier molecular flexibility index (Phi) is 5.74. The van der Waals surface area contributed by atoms with Gasteiger partial charge in [0, 0.05) is 16.6 Å². The normalized spacial score (nSPS) is 11.1. The second-order valence-electron chi connectivity index (χ2n) is 6.83. The highest BCUT2D eigenvalue weighted by Crippen LogP contribution is 2.24. The van der Waals surface area contributed by atoms with Crippen molar-refractivity contribution in [2.45, 2.75) is 26.6 Å². The van der Waals surface area contributed by atoms with Gasteiger partial charge in [-0.15, -0.1) is 0 Å². The minimum atomic E-state index is 0.554. The van der Waals surface area contributed by atoms with E-state index >= 15 is 0 Å². The van der Waals surface area contributed by atoms with Crippen molar-refractivity contribution in [1.29, 1.82) is 0 Å². The molecule has 0 fully saturated rings. The molecule has 0 aliphatic carbocycles. The number of halogens is 1. The Bertz CT molecular complexity index is 1040. The van der Waals surface area contributed by atoms with Crippen LogP contribution in [0, 0.1) is 6.92 Å². The quantitative estimate of drug-likeness (QED) is 0.402. The summed E-state index contributed by atoms with van der Waals surface area (Å²) in [4.78, 5) is 7.95. The molecule has 4 aromatic rings. The molecule has 4 nitrogen and oxygen atoms in total. The Hall–Kier alpha value is -2.63. The van der Waals surface area contributed by atoms with Gasteiger partial charge in [-0.2, -0.15) is 0 Å². The first kappa shape index (κ1) is 18.7. The highest BCUT2D eigenvalue weighted by molar-refractivity contribution is 9.10. The molecule has 1 heterocycles. The number of hydrogen-bond donors (Lipinski definition) is 2. The fourth-order valence-electron chi connectivity index (χ4n) is 3.08. The molecule has 0 bridgehead atoms. The highest BCUT2D eigenvalue weighted by Gasteiger charge is 2.07. The minimum absolute atomic E-state index is 0.554. The van der Waals surface area contributed by atoms with Crippen molar-refractivity contribution in [2.24, 2.45) is 0 Å². The third-order valence-electron chi connectivity index (χ3n) is 4.58. The van der Waals surface area contributed by atoms with E-state index in [4.69, 9.17) is 4.74 Å². The van der Waals surface area contributed by atoms with Crippen LogP contribution < -0.4 is 10.1 Å². The van der Waals surface area contributed by atoms with E-state index in [0.29, 0.717) is 19.7 Å². The van der Waals surface area contributed by atoms with Crippen LogP contribution in [-0.4, -0.2) is 9.97 Å². The number of aryl methyl sites for hydroxylation is 1. The number of aromatic amines is 1. The molecule has 0 aliphatic rings. The van der Waals surface area contributed by atoms with Crippen molar-refractivity contribution in [3.63, 3.8) is 0 Å². The summed E-state index contributed by atoms with van der Waals surface area (Å²) in [6.07, 6.45) is 0. The largest absolute Gasteiger partial charge is 0.489 e. The smallest absolute Gasteiger partial charge is 0.124 e. The van der Waals surface area contributed by atoms with Crippen molar-refractivity contribution < 1.29 is 4.74 Å². The average molecular weight is 436 g/mol. The van der Waals surface area contributed by atoms with E-state index in [-0.39, 0.29) is 0 Å². The summed E-state index contributed by atoms with van der Waals surface area (Å²) in [6.45, 7) is 4.00. The maximum absolute atomic E-state index is 6.08. The van der Waals surface area contributed by atoms with E-state index in [0.717, 1.165) is 38.2 Å². The van der Waals surface area contributed by atoms with Crippen molar-refractivity contribution >= 4 is 27.0 Å². The van der Waals surface area contributed by atoms with Gasteiger partial charge in [0.25, 0.3) is 0 Å². The lowest BCUT2D eigenvalue weighted by molar-refractivity contribution is 0.302. The van der Waals surface area contributed by atoms with E-state index in [1.807, 2.05) is 36.4 Å². The Labute approximate surface area is 173 Å². The summed E-state index contributed by atoms with van der Waals surface area (Å²) in [5, 5.41) is 3.46. The molecule has 2 N–H and O–H groups in total. The number of nitrogens with zero attached hydrogens (tertiary/aromatic N) is 1. The highest BCUT2D eigenvalue weighted by atomic mass is 79.9. The predicted molar refractivity (Wildman–Crippen MR) is 116 cm³/mol. The van der Waals surface area contributed by atoms with Gasteiger partial charge in [-0.25, -0.2) is 4.98 Å². The van der Waals surface area contributed by atoms with Gasteiger partial charge in [0.2, 0.25) is 0 Å². The van der Waals surface area contributed by atoms with Crippen LogP contribution in [0.1, 0.15) is 22.5 Å². The number of rotatable bonds is 7. The summed E-state index contributed by atoms with van der Waals surface area (Å²) in [7, 11) is 0. The molecular formula is C23H22BrN3O. The number of fused-ring (bicyclic) bond motifs is 1. The van der Waals surface area contributed by atoms with E-state index < -0.39 is 0 Å². The number of H-pyrrole nitrogens is 1. The topological polar surface area (TPSA) is 49.9 Å². The Morgan fingerprint density at radius 1 is 1.00 bits per heavy atom. The summed E-state index contributed by atoms with van der Waals surface area (Å²) in [5.41, 5.74) is 5.57. The van der Waals surface area contributed by atoms with E-state index in [1.54, 1.807) is 0 Å². The van der Waals surface area contributed by atoms with Gasteiger partial charge < -0.3 is 15.0 Å². The van der Waals surface area contributed by atoms with Crippen LogP contribution in [0.25, 0.3) is 11.0 Å². The van der Waals surface area contributed by atoms with Gasteiger partial charge in [0.1, 0.15) is 18.2 Å². The molecule has 0 radical (unpaired) electrons. The molecule has 5 heteroatoms. The molecule has 1 aromatic heterocycles. The van der Waals surface area contributed by atoms with Crippen LogP contribution in [0.3, 0.4) is 0 Å². The van der Waals surface area contributed by atoms with Gasteiger partial charge in [-0.3, -0.25) is 0 Å². The molecule has 0 aliphatic heterocycles. The van der Waals surface area contributed by atoms with Crippen molar-refractivity contribution in [1.82, 2.24) is 15.3 Å². The first-order chi connectivity index (χ1) is 13.7. The number of para-hydroxylation sites is 2. The monoisotopic (exact) mass is 435 g/mol. The fourth-order valence-corrected chi connectivity index (χ4v) is 3.49. The molecule has 4 rings (SSSR count). The van der Waals surface area contributed by atoms with Crippen molar-refractivity contribution in [3.8, 4) is 5.75 Å². The van der Waals surface area contributed by atoms with Crippen LogP contribution in [0.15, 0.2) is 71.2 Å². The van der Waals surface area contributed by atoms with Gasteiger partial charge in [0.15, 0.2) is 0 Å². The number of nitrogens with one attached hydrogen (secondary N) is 2. The van der Waals surface area contributed by atoms with Gasteiger partial charge >= 0.3 is 0 Å². The number of ether oxygens (including phenoxy) is 1. The summed E-state index contributed by atoms with van der Waals surface area (Å²) < 4.78 is 7.12. The Balaban J connectivity index is 1.40. The lowest BCUT2D eigenvalue weighted by Gasteiger charge is -2.13. The third kappa shape index (κ3) is 4.61. The van der Waals surface area contributed by atoms with Crippen LogP contribution in [0.5, 0.6) is 5.75 Å². The fraction of sp³-hybridized carbons (Fsp3) is 0.174. The second-order valence-corrected chi connectivity index (χ2v) is 7.75. The van der Waals surface area contributed by atoms with Crippen molar-refractivity contribution in [3.05, 3.63) is 93.7 Å². The molecule has 0 saturated carbocycles. The van der Waals surface area contributed by atoms with Gasteiger partial charge in [0.05, 0.1) is 17.6 Å². The number of benzene rings is 3. The molecule has 142 valence electrons. The lowest BCUT2D eigenvalue weighted by atomic mass is 10.1. The SMILES string of the molecule is Cc1ccc(COc2ccc(Br)cc2CNCc2nc3ccccc3[nH]2)cc1. The molecule has 0 spiro atoms. The van der Waals surface area contributed by atoms with Crippen LogP contribution >= 0.6 is 15.9 Å². The average Bonchev–Trinajstić information content (AvgIpc) is 3.11. The van der Waals surface area contributed by atoms with Gasteiger partial charge in [-0.1, -0.05) is 57.9 Å². The Morgan fingerprint density at radius 3 is 2.64 bits per heavy atom. The first-order valence-electron chi connectivity index (χ1n) is 9.28. The van der Waals surface area contributed by atoms with Crippen LogP contribution in [0.4, 0.5) is 0 Å². The summed E-state index contributed by atoms with van der Waals surface area (Å²) in [5.74, 6) is 1.82. The summed E-state index contributed by atoms with van der Waals surface area (Å²) in [6, 6.07) is 22.6. The number of aromatic nitrogens is 2. The van der Waals surface area contributed by atoms with Crippen LogP contribution in [0.2, 0.25) is 0 Å². The van der Waals surface area contributed by atoms with Crippen molar-refractivity contribution in [2.75, 3.05) is 0 Å². The molecule has 0 atom stereocenters. The Morgan fingerprint density at radius 2 is 1.82 bits per heavy atom. The standard InChI is InChI=1S/C23H22BrN3O/c1-16-6-8-17(9-7-16)15-28-22-11-10-19(24)12-18(22)13-25-14-23-26-20-4-2-3-5-21(20)27-23/h2-12,25H,13-15H2,1H3,(H,26,27). The summed E-state index contributed by atoms with van der Waals surface area (Å²) >= 11 is 3.56. The van der Waals surface area contributed by atoms with E-state index in [2.05, 4.69) is 68.5 Å². The molecule has 0 amide bonds. The van der Waals surface area contributed by atoms with Crippen LogP contribution in [-0.2, 0) is 19.7 Å². The molecule has 0 saturated heterocycles. The minimum Gasteiger partial charge on any atom is -0.489 e. The lowest BCUT2D eigenvalue weighted by Crippen LogP contribution is -2.14. The molecule has 0 unspecified atom stereocenters. The molecule has 3 aromatic carbocycles. The number of imidazole rings is 1. The second kappa shape index (κ2) is 8.59. The zero-order valence-electron chi connectivity index (χ0n) is 15.7.